The third-order valence-electron chi connectivity index (χ3n) is 5.48. The van der Waals surface area contributed by atoms with Crippen molar-refractivity contribution in [3.05, 3.63) is 71.0 Å². The zero-order valence-electron chi connectivity index (χ0n) is 17.9. The van der Waals surface area contributed by atoms with Crippen LogP contribution in [0, 0.1) is 0 Å². The number of carbonyl (C=O) groups excluding carboxylic acids is 1. The van der Waals surface area contributed by atoms with E-state index < -0.39 is 17.8 Å². The molecule has 2 aromatic carbocycles. The van der Waals surface area contributed by atoms with Crippen LogP contribution in [0.25, 0.3) is 0 Å². The number of ether oxygens (including phenoxy) is 1. The molecule has 1 aliphatic rings. The molecule has 1 aromatic heterocycles. The summed E-state index contributed by atoms with van der Waals surface area (Å²) in [5.41, 5.74) is 0.698. The number of anilines is 1. The van der Waals surface area contributed by atoms with Gasteiger partial charge in [-0.15, -0.1) is 0 Å². The van der Waals surface area contributed by atoms with Gasteiger partial charge in [0.25, 0.3) is 0 Å². The van der Waals surface area contributed by atoms with Gasteiger partial charge in [0.05, 0.1) is 12.7 Å². The predicted octanol–water partition coefficient (Wildman–Crippen LogP) is 4.44. The Hall–Kier alpha value is -3.14. The summed E-state index contributed by atoms with van der Waals surface area (Å²) in [6.07, 6.45) is -2.39. The maximum absolute atomic E-state index is 12.9. The maximum Gasteiger partial charge on any atom is 0.416 e. The van der Waals surface area contributed by atoms with E-state index in [4.69, 9.17) is 4.74 Å². The minimum Gasteiger partial charge on any atom is -0.497 e. The number of methoxy groups -OCH3 is 1. The van der Waals surface area contributed by atoms with Crippen LogP contribution in [0.2, 0.25) is 0 Å². The number of alkyl halides is 3. The van der Waals surface area contributed by atoms with Crippen LogP contribution in [-0.2, 0) is 23.9 Å². The third-order valence-corrected chi connectivity index (χ3v) is 6.27. The first-order chi connectivity index (χ1) is 15.8. The first-order valence-electron chi connectivity index (χ1n) is 10.5. The minimum absolute atomic E-state index is 0.0320. The molecule has 1 saturated heterocycles. The van der Waals surface area contributed by atoms with Crippen molar-refractivity contribution in [2.24, 2.45) is 0 Å². The van der Waals surface area contributed by atoms with E-state index in [1.54, 1.807) is 13.2 Å². The molecular formula is C23H23F3N4O2S. The lowest BCUT2D eigenvalue weighted by atomic mass is 10.1. The van der Waals surface area contributed by atoms with E-state index in [1.165, 1.54) is 17.6 Å². The number of halogens is 3. The van der Waals surface area contributed by atoms with Crippen molar-refractivity contribution in [2.45, 2.75) is 38.0 Å². The number of hydrogen-bond acceptors (Lipinski definition) is 6. The lowest BCUT2D eigenvalue weighted by Gasteiger charge is -2.22. The van der Waals surface area contributed by atoms with Gasteiger partial charge in [0.2, 0.25) is 11.0 Å². The highest BCUT2D eigenvalue weighted by Crippen LogP contribution is 2.30. The molecule has 6 nitrogen and oxygen atoms in total. The van der Waals surface area contributed by atoms with E-state index in [0.29, 0.717) is 35.9 Å². The third kappa shape index (κ3) is 5.62. The Balaban J connectivity index is 1.39. The van der Waals surface area contributed by atoms with Gasteiger partial charge in [0.1, 0.15) is 17.6 Å². The van der Waals surface area contributed by atoms with E-state index >= 15 is 0 Å². The zero-order chi connectivity index (χ0) is 23.4. The second kappa shape index (κ2) is 9.78. The lowest BCUT2D eigenvalue weighted by Crippen LogP contribution is -2.43. The van der Waals surface area contributed by atoms with Gasteiger partial charge in [-0.25, -0.2) is 4.98 Å². The van der Waals surface area contributed by atoms with Crippen LogP contribution in [0.1, 0.15) is 35.4 Å². The average molecular weight is 477 g/mol. The molecule has 4 rings (SSSR count). The van der Waals surface area contributed by atoms with Crippen molar-refractivity contribution in [2.75, 3.05) is 18.6 Å². The van der Waals surface area contributed by atoms with Gasteiger partial charge in [0, 0.05) is 31.0 Å². The lowest BCUT2D eigenvalue weighted by molar-refractivity contribution is -0.137. The number of carbonyl (C=O) groups is 1. The normalized spacial score (nSPS) is 16.1. The Kier molecular flexibility index (Phi) is 6.83. The first kappa shape index (κ1) is 23.0. The average Bonchev–Trinajstić information content (AvgIpc) is 3.47. The molecule has 0 saturated carbocycles. The highest BCUT2D eigenvalue weighted by Gasteiger charge is 2.33. The standard InChI is InChI=1S/C23H23F3N4O2S/c1-32-18-8-3-5-15(12-18)13-20-28-22(33-29-20)30-10-4-9-19(30)21(31)27-14-16-6-2-7-17(11-16)23(24,25)26/h2-3,5-8,11-12,19H,4,9-10,13-14H2,1H3,(H,27,31). The van der Waals surface area contributed by atoms with Crippen LogP contribution >= 0.6 is 11.5 Å². The number of benzene rings is 2. The molecule has 0 bridgehead atoms. The summed E-state index contributed by atoms with van der Waals surface area (Å²) in [4.78, 5) is 19.4. The Bertz CT molecular complexity index is 1120. The molecule has 0 spiro atoms. The van der Waals surface area contributed by atoms with E-state index in [2.05, 4.69) is 14.7 Å². The van der Waals surface area contributed by atoms with Crippen LogP contribution in [0.3, 0.4) is 0 Å². The SMILES string of the molecule is COc1cccc(Cc2nsc(N3CCCC3C(=O)NCc3cccc(C(F)(F)F)c3)n2)c1. The van der Waals surface area contributed by atoms with Crippen molar-refractivity contribution in [3.63, 3.8) is 0 Å². The van der Waals surface area contributed by atoms with Gasteiger partial charge < -0.3 is 15.0 Å². The molecule has 0 aliphatic carbocycles. The van der Waals surface area contributed by atoms with E-state index in [9.17, 15) is 18.0 Å². The van der Waals surface area contributed by atoms with Crippen LogP contribution in [-0.4, -0.2) is 35.0 Å². The number of nitrogens with one attached hydrogen (secondary N) is 1. The summed E-state index contributed by atoms with van der Waals surface area (Å²) in [5.74, 6) is 1.20. The van der Waals surface area contributed by atoms with Crippen molar-refractivity contribution in [3.8, 4) is 5.75 Å². The molecule has 0 radical (unpaired) electrons. The van der Waals surface area contributed by atoms with E-state index in [1.807, 2.05) is 29.2 Å². The number of rotatable bonds is 7. The van der Waals surface area contributed by atoms with Crippen LogP contribution in [0.5, 0.6) is 5.75 Å². The Morgan fingerprint density at radius 3 is 2.79 bits per heavy atom. The maximum atomic E-state index is 12.9. The quantitative estimate of drug-likeness (QED) is 0.546. The van der Waals surface area contributed by atoms with E-state index in [0.717, 1.165) is 29.9 Å². The summed E-state index contributed by atoms with van der Waals surface area (Å²) < 4.78 is 48.4. The summed E-state index contributed by atoms with van der Waals surface area (Å²) in [5, 5.41) is 3.44. The molecule has 174 valence electrons. The summed E-state index contributed by atoms with van der Waals surface area (Å²) in [7, 11) is 1.61. The molecule has 1 aliphatic heterocycles. The van der Waals surface area contributed by atoms with Gasteiger partial charge >= 0.3 is 6.18 Å². The highest BCUT2D eigenvalue weighted by molar-refractivity contribution is 7.09. The largest absolute Gasteiger partial charge is 0.497 e. The fourth-order valence-electron chi connectivity index (χ4n) is 3.83. The second-order valence-corrected chi connectivity index (χ2v) is 8.52. The molecule has 3 aromatic rings. The smallest absolute Gasteiger partial charge is 0.416 e. The van der Waals surface area contributed by atoms with Gasteiger partial charge in [-0.1, -0.05) is 24.3 Å². The van der Waals surface area contributed by atoms with Crippen molar-refractivity contribution < 1.29 is 22.7 Å². The van der Waals surface area contributed by atoms with Crippen LogP contribution < -0.4 is 15.0 Å². The number of aromatic nitrogens is 2. The van der Waals surface area contributed by atoms with Crippen molar-refractivity contribution >= 4 is 22.6 Å². The van der Waals surface area contributed by atoms with Crippen molar-refractivity contribution in [1.82, 2.24) is 14.7 Å². The predicted molar refractivity (Wildman–Crippen MR) is 119 cm³/mol. The molecule has 2 heterocycles. The fourth-order valence-corrected chi connectivity index (χ4v) is 4.59. The van der Waals surface area contributed by atoms with Gasteiger partial charge in [0.15, 0.2) is 0 Å². The van der Waals surface area contributed by atoms with Gasteiger partial charge in [-0.05, 0) is 48.2 Å². The van der Waals surface area contributed by atoms with Gasteiger partial charge in [-0.3, -0.25) is 4.79 Å². The molecule has 33 heavy (non-hydrogen) atoms. The Morgan fingerprint density at radius 1 is 1.21 bits per heavy atom. The van der Waals surface area contributed by atoms with Crippen molar-refractivity contribution in [1.29, 1.82) is 0 Å². The number of amides is 1. The highest BCUT2D eigenvalue weighted by atomic mass is 32.1. The van der Waals surface area contributed by atoms with Crippen LogP contribution in [0.4, 0.5) is 18.3 Å². The molecule has 1 atom stereocenters. The monoisotopic (exact) mass is 476 g/mol. The Morgan fingerprint density at radius 2 is 2.00 bits per heavy atom. The summed E-state index contributed by atoms with van der Waals surface area (Å²) >= 11 is 1.24. The first-order valence-corrected chi connectivity index (χ1v) is 11.3. The number of nitrogens with zero attached hydrogens (tertiary/aromatic N) is 3. The van der Waals surface area contributed by atoms with E-state index in [-0.39, 0.29) is 12.5 Å². The summed E-state index contributed by atoms with van der Waals surface area (Å²) in [6, 6.07) is 12.3. The molecule has 1 N–H and O–H groups in total. The van der Waals surface area contributed by atoms with Crippen LogP contribution in [0.15, 0.2) is 48.5 Å². The molecule has 1 amide bonds. The molecule has 1 fully saturated rings. The van der Waals surface area contributed by atoms with Gasteiger partial charge in [-0.2, -0.15) is 17.5 Å². The zero-order valence-corrected chi connectivity index (χ0v) is 18.7. The summed E-state index contributed by atoms with van der Waals surface area (Å²) in [6.45, 7) is 0.708. The minimum atomic E-state index is -4.41. The molecule has 1 unspecified atom stereocenters. The fraction of sp³-hybridized carbons (Fsp3) is 0.348. The molecule has 10 heteroatoms. The second-order valence-electron chi connectivity index (χ2n) is 7.79. The molecular weight excluding hydrogens is 453 g/mol. The topological polar surface area (TPSA) is 67.3 Å². The number of hydrogen-bond donors (Lipinski definition) is 1. The Labute approximate surface area is 193 Å².